The number of halogens is 1. The van der Waals surface area contributed by atoms with Crippen molar-refractivity contribution in [2.45, 2.75) is 0 Å². The fraction of sp³-hybridized carbons (Fsp3) is 0.0833. The maximum absolute atomic E-state index is 12.1. The van der Waals surface area contributed by atoms with Crippen molar-refractivity contribution in [2.75, 3.05) is 11.9 Å². The SMILES string of the molecule is CN(C(=O)c1ccc(Br)cn1)c1ccccn1. The zero-order valence-corrected chi connectivity index (χ0v) is 10.8. The summed E-state index contributed by atoms with van der Waals surface area (Å²) < 4.78 is 0.842. The molecule has 0 aliphatic carbocycles. The highest BCUT2D eigenvalue weighted by molar-refractivity contribution is 9.10. The molecule has 0 fully saturated rings. The average molecular weight is 292 g/mol. The van der Waals surface area contributed by atoms with E-state index < -0.39 is 0 Å². The van der Waals surface area contributed by atoms with Crippen molar-refractivity contribution in [3.63, 3.8) is 0 Å². The number of hydrogen-bond donors (Lipinski definition) is 0. The summed E-state index contributed by atoms with van der Waals surface area (Å²) in [5, 5.41) is 0. The third-order valence-electron chi connectivity index (χ3n) is 2.24. The second-order valence-corrected chi connectivity index (χ2v) is 4.33. The third-order valence-corrected chi connectivity index (χ3v) is 2.71. The van der Waals surface area contributed by atoms with E-state index in [0.717, 1.165) is 4.47 Å². The topological polar surface area (TPSA) is 46.1 Å². The van der Waals surface area contributed by atoms with E-state index in [2.05, 4.69) is 25.9 Å². The first-order valence-electron chi connectivity index (χ1n) is 4.99. The van der Waals surface area contributed by atoms with E-state index in [1.54, 1.807) is 43.7 Å². The van der Waals surface area contributed by atoms with Crippen molar-refractivity contribution < 1.29 is 4.79 Å². The molecule has 0 aromatic carbocycles. The van der Waals surface area contributed by atoms with Gasteiger partial charge in [-0.3, -0.25) is 9.69 Å². The molecule has 0 aliphatic heterocycles. The molecule has 0 saturated carbocycles. The molecule has 2 rings (SSSR count). The molecule has 0 radical (unpaired) electrons. The molecule has 0 atom stereocenters. The summed E-state index contributed by atoms with van der Waals surface area (Å²) in [5.74, 6) is 0.415. The first kappa shape index (κ1) is 11.7. The Hall–Kier alpha value is -1.75. The first-order valence-corrected chi connectivity index (χ1v) is 5.78. The Morgan fingerprint density at radius 3 is 2.65 bits per heavy atom. The van der Waals surface area contributed by atoms with Crippen LogP contribution in [0.4, 0.5) is 5.82 Å². The molecule has 5 heteroatoms. The average Bonchev–Trinajstić information content (AvgIpc) is 2.39. The van der Waals surface area contributed by atoms with Crippen LogP contribution in [0, 0.1) is 0 Å². The first-order chi connectivity index (χ1) is 8.18. The van der Waals surface area contributed by atoms with Crippen LogP contribution in [0.5, 0.6) is 0 Å². The quantitative estimate of drug-likeness (QED) is 0.854. The largest absolute Gasteiger partial charge is 0.294 e. The lowest BCUT2D eigenvalue weighted by molar-refractivity contribution is 0.0987. The van der Waals surface area contributed by atoms with E-state index >= 15 is 0 Å². The molecule has 0 bridgehead atoms. The van der Waals surface area contributed by atoms with Gasteiger partial charge in [-0.25, -0.2) is 9.97 Å². The summed E-state index contributed by atoms with van der Waals surface area (Å²) in [6.45, 7) is 0. The summed E-state index contributed by atoms with van der Waals surface area (Å²) >= 11 is 3.28. The van der Waals surface area contributed by atoms with E-state index in [1.165, 1.54) is 4.90 Å². The van der Waals surface area contributed by atoms with E-state index in [4.69, 9.17) is 0 Å². The minimum Gasteiger partial charge on any atom is -0.294 e. The summed E-state index contributed by atoms with van der Waals surface area (Å²) in [4.78, 5) is 21.7. The van der Waals surface area contributed by atoms with Gasteiger partial charge in [-0.05, 0) is 40.2 Å². The minimum absolute atomic E-state index is 0.184. The van der Waals surface area contributed by atoms with Crippen LogP contribution in [0.25, 0.3) is 0 Å². The molecule has 2 aromatic heterocycles. The summed E-state index contributed by atoms with van der Waals surface area (Å²) in [5.41, 5.74) is 0.390. The van der Waals surface area contributed by atoms with E-state index in [9.17, 15) is 4.79 Å². The van der Waals surface area contributed by atoms with Crippen molar-refractivity contribution in [1.29, 1.82) is 0 Å². The van der Waals surface area contributed by atoms with Gasteiger partial charge in [-0.15, -0.1) is 0 Å². The number of aromatic nitrogens is 2. The molecular formula is C12H10BrN3O. The van der Waals surface area contributed by atoms with Gasteiger partial charge in [-0.2, -0.15) is 0 Å². The maximum Gasteiger partial charge on any atom is 0.277 e. The van der Waals surface area contributed by atoms with Crippen molar-refractivity contribution >= 4 is 27.7 Å². The van der Waals surface area contributed by atoms with Crippen LogP contribution >= 0.6 is 15.9 Å². The van der Waals surface area contributed by atoms with Gasteiger partial charge in [0, 0.05) is 23.9 Å². The minimum atomic E-state index is -0.184. The number of amides is 1. The van der Waals surface area contributed by atoms with Gasteiger partial charge in [0.2, 0.25) is 0 Å². The number of anilines is 1. The Balaban J connectivity index is 2.23. The molecule has 1 amide bonds. The van der Waals surface area contributed by atoms with Crippen molar-refractivity contribution in [3.05, 3.63) is 52.9 Å². The number of carbonyl (C=O) groups is 1. The number of pyridine rings is 2. The monoisotopic (exact) mass is 291 g/mol. The number of carbonyl (C=O) groups excluding carboxylic acids is 1. The summed E-state index contributed by atoms with van der Waals surface area (Å²) in [6.07, 6.45) is 3.24. The molecule has 0 saturated heterocycles. The van der Waals surface area contributed by atoms with Crippen LogP contribution in [-0.2, 0) is 0 Å². The molecule has 0 aliphatic rings. The van der Waals surface area contributed by atoms with Crippen molar-refractivity contribution in [1.82, 2.24) is 9.97 Å². The second-order valence-electron chi connectivity index (χ2n) is 3.41. The highest BCUT2D eigenvalue weighted by Crippen LogP contribution is 2.12. The van der Waals surface area contributed by atoms with Crippen LogP contribution < -0.4 is 4.90 Å². The smallest absolute Gasteiger partial charge is 0.277 e. The van der Waals surface area contributed by atoms with Crippen LogP contribution in [0.3, 0.4) is 0 Å². The predicted molar refractivity (Wildman–Crippen MR) is 68.9 cm³/mol. The lowest BCUT2D eigenvalue weighted by Crippen LogP contribution is -2.27. The van der Waals surface area contributed by atoms with E-state index in [0.29, 0.717) is 11.5 Å². The Morgan fingerprint density at radius 1 is 1.24 bits per heavy atom. The molecule has 2 heterocycles. The normalized spacial score (nSPS) is 10.0. The number of rotatable bonds is 2. The van der Waals surface area contributed by atoms with E-state index in [-0.39, 0.29) is 5.91 Å². The zero-order chi connectivity index (χ0) is 12.3. The standard InChI is InChI=1S/C12H10BrN3O/c1-16(11-4-2-3-7-14-11)12(17)10-6-5-9(13)8-15-10/h2-8H,1H3. The molecular weight excluding hydrogens is 282 g/mol. The van der Waals surface area contributed by atoms with Gasteiger partial charge >= 0.3 is 0 Å². The Labute approximate surface area is 107 Å². The molecule has 0 N–H and O–H groups in total. The molecule has 0 spiro atoms. The molecule has 0 unspecified atom stereocenters. The highest BCUT2D eigenvalue weighted by Gasteiger charge is 2.14. The van der Waals surface area contributed by atoms with Crippen molar-refractivity contribution in [2.24, 2.45) is 0 Å². The van der Waals surface area contributed by atoms with Crippen LogP contribution in [0.2, 0.25) is 0 Å². The van der Waals surface area contributed by atoms with Gasteiger partial charge in [0.15, 0.2) is 0 Å². The number of nitrogens with zero attached hydrogens (tertiary/aromatic N) is 3. The lowest BCUT2D eigenvalue weighted by atomic mass is 10.3. The number of hydrogen-bond acceptors (Lipinski definition) is 3. The lowest BCUT2D eigenvalue weighted by Gasteiger charge is -2.15. The van der Waals surface area contributed by atoms with Crippen LogP contribution in [-0.4, -0.2) is 22.9 Å². The van der Waals surface area contributed by atoms with Gasteiger partial charge in [0.25, 0.3) is 5.91 Å². The molecule has 86 valence electrons. The van der Waals surface area contributed by atoms with Gasteiger partial charge in [0.05, 0.1) is 0 Å². The van der Waals surface area contributed by atoms with Crippen LogP contribution in [0.15, 0.2) is 47.2 Å². The summed E-state index contributed by atoms with van der Waals surface area (Å²) in [6, 6.07) is 8.87. The Morgan fingerprint density at radius 2 is 2.06 bits per heavy atom. The van der Waals surface area contributed by atoms with Gasteiger partial charge in [0.1, 0.15) is 11.5 Å². The molecule has 17 heavy (non-hydrogen) atoms. The van der Waals surface area contributed by atoms with Crippen molar-refractivity contribution in [3.8, 4) is 0 Å². The fourth-order valence-electron chi connectivity index (χ4n) is 1.33. The molecule has 2 aromatic rings. The molecule has 4 nitrogen and oxygen atoms in total. The Kier molecular flexibility index (Phi) is 3.49. The maximum atomic E-state index is 12.1. The Bertz CT molecular complexity index is 513. The fourth-order valence-corrected chi connectivity index (χ4v) is 1.56. The van der Waals surface area contributed by atoms with Gasteiger partial charge in [-0.1, -0.05) is 6.07 Å². The van der Waals surface area contributed by atoms with Crippen LogP contribution in [0.1, 0.15) is 10.5 Å². The van der Waals surface area contributed by atoms with Gasteiger partial charge < -0.3 is 0 Å². The third kappa shape index (κ3) is 2.68. The summed E-state index contributed by atoms with van der Waals surface area (Å²) in [7, 11) is 1.67. The van der Waals surface area contributed by atoms with E-state index in [1.807, 2.05) is 6.07 Å². The predicted octanol–water partition coefficient (Wildman–Crippen LogP) is 2.52. The second kappa shape index (κ2) is 5.05. The highest BCUT2D eigenvalue weighted by atomic mass is 79.9. The zero-order valence-electron chi connectivity index (χ0n) is 9.17.